The summed E-state index contributed by atoms with van der Waals surface area (Å²) in [6, 6.07) is 0. The monoisotopic (exact) mass is 194 g/mol. The summed E-state index contributed by atoms with van der Waals surface area (Å²) in [6.07, 6.45) is 4.13. The van der Waals surface area contributed by atoms with Crippen LogP contribution in [-0.2, 0) is 9.84 Å². The maximum atomic E-state index is 10.7. The lowest BCUT2D eigenvalue weighted by molar-refractivity contribution is 0.183. The summed E-state index contributed by atoms with van der Waals surface area (Å²) in [5.41, 5.74) is 0. The van der Waals surface area contributed by atoms with E-state index < -0.39 is 15.9 Å². The molecule has 0 bridgehead atoms. The number of rotatable bonds is 6. The molecule has 4 heteroatoms. The van der Waals surface area contributed by atoms with Crippen molar-refractivity contribution in [3.05, 3.63) is 0 Å². The highest BCUT2D eigenvalue weighted by Crippen LogP contribution is 2.04. The van der Waals surface area contributed by atoms with Crippen molar-refractivity contribution >= 4 is 9.84 Å². The minimum absolute atomic E-state index is 0.100. The third-order valence-corrected chi connectivity index (χ3v) is 2.63. The Kier molecular flexibility index (Phi) is 5.50. The Hall–Kier alpha value is -0.0900. The molecule has 1 unspecified atom stereocenters. The lowest BCUT2D eigenvalue weighted by atomic mass is 10.1. The molecule has 0 rings (SSSR count). The molecule has 0 aromatic carbocycles. The van der Waals surface area contributed by atoms with Crippen molar-refractivity contribution in [3.8, 4) is 0 Å². The van der Waals surface area contributed by atoms with Crippen molar-refractivity contribution in [3.63, 3.8) is 0 Å². The van der Waals surface area contributed by atoms with E-state index in [9.17, 15) is 13.5 Å². The minimum Gasteiger partial charge on any atom is -0.392 e. The van der Waals surface area contributed by atoms with Gasteiger partial charge in [-0.25, -0.2) is 8.42 Å². The van der Waals surface area contributed by atoms with Crippen LogP contribution in [0.4, 0.5) is 0 Å². The van der Waals surface area contributed by atoms with E-state index in [2.05, 4.69) is 6.92 Å². The molecular formula is C8H18O3S. The van der Waals surface area contributed by atoms with Crippen LogP contribution in [0.2, 0.25) is 0 Å². The van der Waals surface area contributed by atoms with E-state index in [1.807, 2.05) is 0 Å². The quantitative estimate of drug-likeness (QED) is 0.641. The van der Waals surface area contributed by atoms with Gasteiger partial charge in [-0.05, 0) is 6.42 Å². The van der Waals surface area contributed by atoms with Gasteiger partial charge in [0.2, 0.25) is 0 Å². The second kappa shape index (κ2) is 5.54. The Morgan fingerprint density at radius 2 is 1.92 bits per heavy atom. The maximum Gasteiger partial charge on any atom is 0.149 e. The lowest BCUT2D eigenvalue weighted by Gasteiger charge is -2.07. The fraction of sp³-hybridized carbons (Fsp3) is 1.00. The van der Waals surface area contributed by atoms with Crippen molar-refractivity contribution in [2.24, 2.45) is 0 Å². The second-order valence-corrected chi connectivity index (χ2v) is 5.43. The van der Waals surface area contributed by atoms with Crippen molar-refractivity contribution in [2.75, 3.05) is 12.0 Å². The Bertz CT molecular complexity index is 196. The molecule has 3 nitrogen and oxygen atoms in total. The first-order chi connectivity index (χ1) is 5.45. The Morgan fingerprint density at radius 3 is 2.33 bits per heavy atom. The van der Waals surface area contributed by atoms with E-state index in [-0.39, 0.29) is 5.75 Å². The molecule has 0 aliphatic carbocycles. The molecule has 0 amide bonds. The SMILES string of the molecule is CCCCCC(O)CS(C)(=O)=O. The lowest BCUT2D eigenvalue weighted by Crippen LogP contribution is -2.19. The normalized spacial score (nSPS) is 14.6. The summed E-state index contributed by atoms with van der Waals surface area (Å²) in [5.74, 6) is -0.100. The largest absolute Gasteiger partial charge is 0.392 e. The van der Waals surface area contributed by atoms with E-state index in [0.717, 1.165) is 25.5 Å². The summed E-state index contributed by atoms with van der Waals surface area (Å²) >= 11 is 0. The van der Waals surface area contributed by atoms with E-state index in [4.69, 9.17) is 0 Å². The molecule has 0 aliphatic rings. The number of aliphatic hydroxyl groups excluding tert-OH is 1. The summed E-state index contributed by atoms with van der Waals surface area (Å²) in [7, 11) is -3.01. The predicted molar refractivity (Wildman–Crippen MR) is 49.9 cm³/mol. The average molecular weight is 194 g/mol. The van der Waals surface area contributed by atoms with Gasteiger partial charge in [0.25, 0.3) is 0 Å². The molecule has 0 heterocycles. The maximum absolute atomic E-state index is 10.7. The number of sulfone groups is 1. The van der Waals surface area contributed by atoms with Crippen LogP contribution in [0.25, 0.3) is 0 Å². The van der Waals surface area contributed by atoms with Gasteiger partial charge >= 0.3 is 0 Å². The van der Waals surface area contributed by atoms with Gasteiger partial charge in [0.1, 0.15) is 9.84 Å². The van der Waals surface area contributed by atoms with Gasteiger partial charge in [0, 0.05) is 6.26 Å². The van der Waals surface area contributed by atoms with Gasteiger partial charge < -0.3 is 5.11 Å². The number of hydrogen-bond acceptors (Lipinski definition) is 3. The smallest absolute Gasteiger partial charge is 0.149 e. The van der Waals surface area contributed by atoms with Crippen LogP contribution in [0.3, 0.4) is 0 Å². The Morgan fingerprint density at radius 1 is 1.33 bits per heavy atom. The van der Waals surface area contributed by atoms with Crippen LogP contribution in [-0.4, -0.2) is 31.6 Å². The van der Waals surface area contributed by atoms with Gasteiger partial charge in [-0.15, -0.1) is 0 Å². The molecule has 0 aromatic rings. The molecule has 0 fully saturated rings. The fourth-order valence-electron chi connectivity index (χ4n) is 1.06. The minimum atomic E-state index is -3.01. The summed E-state index contributed by atoms with van der Waals surface area (Å²) in [4.78, 5) is 0. The molecule has 0 aliphatic heterocycles. The number of hydrogen-bond donors (Lipinski definition) is 1. The van der Waals surface area contributed by atoms with Crippen LogP contribution in [0.15, 0.2) is 0 Å². The van der Waals surface area contributed by atoms with Gasteiger partial charge in [-0.3, -0.25) is 0 Å². The summed E-state index contributed by atoms with van der Waals surface area (Å²) < 4.78 is 21.4. The number of aliphatic hydroxyl groups is 1. The topological polar surface area (TPSA) is 54.4 Å². The first kappa shape index (κ1) is 11.9. The van der Waals surface area contributed by atoms with E-state index in [0.29, 0.717) is 6.42 Å². The fourth-order valence-corrected chi connectivity index (χ4v) is 1.93. The van der Waals surface area contributed by atoms with E-state index >= 15 is 0 Å². The zero-order chi connectivity index (χ0) is 9.61. The molecule has 0 spiro atoms. The van der Waals surface area contributed by atoms with Crippen LogP contribution in [0.1, 0.15) is 32.6 Å². The van der Waals surface area contributed by atoms with Crippen molar-refractivity contribution in [1.82, 2.24) is 0 Å². The third-order valence-electron chi connectivity index (χ3n) is 1.64. The zero-order valence-electron chi connectivity index (χ0n) is 7.78. The highest BCUT2D eigenvalue weighted by atomic mass is 32.2. The van der Waals surface area contributed by atoms with Gasteiger partial charge in [0.15, 0.2) is 0 Å². The highest BCUT2D eigenvalue weighted by Gasteiger charge is 2.10. The van der Waals surface area contributed by atoms with E-state index in [1.54, 1.807) is 0 Å². The molecule has 0 saturated carbocycles. The molecule has 0 radical (unpaired) electrons. The molecule has 1 N–H and O–H groups in total. The van der Waals surface area contributed by atoms with Gasteiger partial charge in [-0.2, -0.15) is 0 Å². The summed E-state index contributed by atoms with van der Waals surface area (Å²) in [5, 5.41) is 9.23. The van der Waals surface area contributed by atoms with Crippen LogP contribution in [0, 0.1) is 0 Å². The molecule has 0 saturated heterocycles. The van der Waals surface area contributed by atoms with Crippen LogP contribution in [0.5, 0.6) is 0 Å². The number of unbranched alkanes of at least 4 members (excludes halogenated alkanes) is 2. The third kappa shape index (κ3) is 8.01. The first-order valence-corrected chi connectivity index (χ1v) is 6.37. The zero-order valence-corrected chi connectivity index (χ0v) is 8.60. The van der Waals surface area contributed by atoms with Crippen molar-refractivity contribution in [2.45, 2.75) is 38.7 Å². The molecule has 12 heavy (non-hydrogen) atoms. The summed E-state index contributed by atoms with van der Waals surface area (Å²) in [6.45, 7) is 2.07. The predicted octanol–water partition coefficient (Wildman–Crippen LogP) is 0.972. The van der Waals surface area contributed by atoms with Gasteiger partial charge in [-0.1, -0.05) is 26.2 Å². The molecule has 1 atom stereocenters. The average Bonchev–Trinajstić information content (AvgIpc) is 1.84. The molecule has 0 aromatic heterocycles. The molecular weight excluding hydrogens is 176 g/mol. The Labute approximate surface area is 74.7 Å². The van der Waals surface area contributed by atoms with E-state index in [1.165, 1.54) is 0 Å². The van der Waals surface area contributed by atoms with Gasteiger partial charge in [0.05, 0.1) is 11.9 Å². The first-order valence-electron chi connectivity index (χ1n) is 4.31. The Balaban J connectivity index is 3.53. The second-order valence-electron chi connectivity index (χ2n) is 3.24. The van der Waals surface area contributed by atoms with Crippen LogP contribution < -0.4 is 0 Å². The van der Waals surface area contributed by atoms with Crippen LogP contribution >= 0.6 is 0 Å². The molecule has 74 valence electrons. The van der Waals surface area contributed by atoms with Crippen molar-refractivity contribution < 1.29 is 13.5 Å². The van der Waals surface area contributed by atoms with Crippen molar-refractivity contribution in [1.29, 1.82) is 0 Å². The highest BCUT2D eigenvalue weighted by molar-refractivity contribution is 7.90. The standard InChI is InChI=1S/C8H18O3S/c1-3-4-5-6-8(9)7-12(2,10)11/h8-9H,3-7H2,1-2H3.